The molecule has 3 nitrogen and oxygen atoms in total. The highest BCUT2D eigenvalue weighted by Gasteiger charge is 2.20. The van der Waals surface area contributed by atoms with Gasteiger partial charge in [0.1, 0.15) is 5.82 Å². The SMILES string of the molecule is CNC(C)(C)c1ncc(Br)cn1. The van der Waals surface area contributed by atoms with Crippen LogP contribution in [0.4, 0.5) is 0 Å². The summed E-state index contributed by atoms with van der Waals surface area (Å²) in [7, 11) is 1.89. The predicted molar refractivity (Wildman–Crippen MR) is 51.8 cm³/mol. The molecule has 0 saturated heterocycles. The Kier molecular flexibility index (Phi) is 2.80. The minimum atomic E-state index is -0.166. The summed E-state index contributed by atoms with van der Waals surface area (Å²) in [6, 6.07) is 0. The Bertz CT molecular complexity index is 256. The van der Waals surface area contributed by atoms with Crippen molar-refractivity contribution in [3.8, 4) is 0 Å². The van der Waals surface area contributed by atoms with Crippen LogP contribution < -0.4 is 5.32 Å². The van der Waals surface area contributed by atoms with Gasteiger partial charge in [-0.1, -0.05) is 0 Å². The minimum absolute atomic E-state index is 0.166. The zero-order chi connectivity index (χ0) is 9.19. The normalized spacial score (nSPS) is 11.7. The molecule has 0 aliphatic heterocycles. The molecule has 12 heavy (non-hydrogen) atoms. The summed E-state index contributed by atoms with van der Waals surface area (Å²) in [6.07, 6.45) is 3.50. The van der Waals surface area contributed by atoms with E-state index in [9.17, 15) is 0 Å². The van der Waals surface area contributed by atoms with E-state index in [2.05, 4.69) is 31.2 Å². The fourth-order valence-electron chi connectivity index (χ4n) is 0.747. The second-order valence-electron chi connectivity index (χ2n) is 3.10. The van der Waals surface area contributed by atoms with Crippen molar-refractivity contribution >= 4 is 15.9 Å². The number of nitrogens with zero attached hydrogens (tertiary/aromatic N) is 2. The molecule has 0 unspecified atom stereocenters. The number of rotatable bonds is 2. The van der Waals surface area contributed by atoms with Crippen molar-refractivity contribution in [3.05, 3.63) is 22.7 Å². The van der Waals surface area contributed by atoms with Crippen LogP contribution in [0.25, 0.3) is 0 Å². The summed E-state index contributed by atoms with van der Waals surface area (Å²) in [5, 5.41) is 3.14. The second kappa shape index (κ2) is 3.49. The molecular formula is C8H12BrN3. The highest BCUT2D eigenvalue weighted by molar-refractivity contribution is 9.10. The topological polar surface area (TPSA) is 37.8 Å². The molecule has 0 amide bonds. The van der Waals surface area contributed by atoms with Gasteiger partial charge in [-0.15, -0.1) is 0 Å². The van der Waals surface area contributed by atoms with E-state index in [0.717, 1.165) is 10.3 Å². The summed E-state index contributed by atoms with van der Waals surface area (Å²) in [4.78, 5) is 8.40. The quantitative estimate of drug-likeness (QED) is 0.840. The number of hydrogen-bond acceptors (Lipinski definition) is 3. The lowest BCUT2D eigenvalue weighted by atomic mass is 10.1. The van der Waals surface area contributed by atoms with Gasteiger partial charge in [0.2, 0.25) is 0 Å². The molecule has 66 valence electrons. The molecule has 0 aromatic carbocycles. The number of hydrogen-bond donors (Lipinski definition) is 1. The Balaban J connectivity index is 2.96. The average molecular weight is 230 g/mol. The summed E-state index contributed by atoms with van der Waals surface area (Å²) in [5.41, 5.74) is -0.166. The van der Waals surface area contributed by atoms with Crippen molar-refractivity contribution in [2.24, 2.45) is 0 Å². The van der Waals surface area contributed by atoms with Gasteiger partial charge in [0.25, 0.3) is 0 Å². The molecule has 0 spiro atoms. The summed E-state index contributed by atoms with van der Waals surface area (Å²) >= 11 is 3.29. The van der Waals surface area contributed by atoms with Crippen molar-refractivity contribution in [2.45, 2.75) is 19.4 Å². The van der Waals surface area contributed by atoms with E-state index in [1.807, 2.05) is 20.9 Å². The van der Waals surface area contributed by atoms with E-state index in [0.29, 0.717) is 0 Å². The Morgan fingerprint density at radius 3 is 2.25 bits per heavy atom. The van der Waals surface area contributed by atoms with Gasteiger partial charge in [0.05, 0.1) is 10.0 Å². The van der Waals surface area contributed by atoms with Crippen molar-refractivity contribution in [1.29, 1.82) is 0 Å². The van der Waals surface area contributed by atoms with Crippen LogP contribution in [-0.4, -0.2) is 17.0 Å². The molecule has 0 saturated carbocycles. The fourth-order valence-corrected chi connectivity index (χ4v) is 0.952. The summed E-state index contributed by atoms with van der Waals surface area (Å²) < 4.78 is 0.901. The summed E-state index contributed by atoms with van der Waals surface area (Å²) in [5.74, 6) is 0.799. The lowest BCUT2D eigenvalue weighted by molar-refractivity contribution is 0.416. The van der Waals surface area contributed by atoms with Crippen LogP contribution in [0, 0.1) is 0 Å². The van der Waals surface area contributed by atoms with Crippen LogP contribution >= 0.6 is 15.9 Å². The predicted octanol–water partition coefficient (Wildman–Crippen LogP) is 1.69. The molecule has 1 aromatic heterocycles. The Hall–Kier alpha value is -0.480. The van der Waals surface area contributed by atoms with E-state index in [1.54, 1.807) is 12.4 Å². The molecule has 1 aromatic rings. The van der Waals surface area contributed by atoms with Gasteiger partial charge in [-0.25, -0.2) is 9.97 Å². The Morgan fingerprint density at radius 2 is 1.83 bits per heavy atom. The molecule has 0 radical (unpaired) electrons. The van der Waals surface area contributed by atoms with Crippen molar-refractivity contribution in [3.63, 3.8) is 0 Å². The van der Waals surface area contributed by atoms with Crippen LogP contribution in [0.15, 0.2) is 16.9 Å². The van der Waals surface area contributed by atoms with Crippen LogP contribution in [0.1, 0.15) is 19.7 Å². The van der Waals surface area contributed by atoms with Crippen LogP contribution in [0.2, 0.25) is 0 Å². The molecule has 0 bridgehead atoms. The maximum Gasteiger partial charge on any atom is 0.147 e. The van der Waals surface area contributed by atoms with E-state index in [4.69, 9.17) is 0 Å². The molecule has 0 atom stereocenters. The van der Waals surface area contributed by atoms with Gasteiger partial charge < -0.3 is 5.32 Å². The average Bonchev–Trinajstić information content (AvgIpc) is 2.05. The third-order valence-electron chi connectivity index (χ3n) is 1.80. The first-order valence-corrected chi connectivity index (χ1v) is 4.52. The van der Waals surface area contributed by atoms with Crippen molar-refractivity contribution in [1.82, 2.24) is 15.3 Å². The molecule has 4 heteroatoms. The van der Waals surface area contributed by atoms with Crippen LogP contribution in [0.3, 0.4) is 0 Å². The van der Waals surface area contributed by atoms with Gasteiger partial charge in [-0.05, 0) is 36.8 Å². The molecule has 0 aliphatic rings. The Labute approximate surface area is 80.7 Å². The molecule has 0 aliphatic carbocycles. The lowest BCUT2D eigenvalue weighted by Crippen LogP contribution is -2.35. The van der Waals surface area contributed by atoms with E-state index in [1.165, 1.54) is 0 Å². The van der Waals surface area contributed by atoms with E-state index >= 15 is 0 Å². The van der Waals surface area contributed by atoms with E-state index < -0.39 is 0 Å². The third-order valence-corrected chi connectivity index (χ3v) is 2.21. The number of aromatic nitrogens is 2. The molecule has 1 N–H and O–H groups in total. The highest BCUT2D eigenvalue weighted by Crippen LogP contribution is 2.15. The third kappa shape index (κ3) is 2.01. The second-order valence-corrected chi connectivity index (χ2v) is 4.02. The van der Waals surface area contributed by atoms with Gasteiger partial charge >= 0.3 is 0 Å². The molecule has 1 heterocycles. The summed E-state index contributed by atoms with van der Waals surface area (Å²) in [6.45, 7) is 4.08. The maximum absolute atomic E-state index is 4.20. The minimum Gasteiger partial charge on any atom is -0.308 e. The maximum atomic E-state index is 4.20. The Morgan fingerprint density at radius 1 is 1.33 bits per heavy atom. The zero-order valence-corrected chi connectivity index (χ0v) is 9.01. The van der Waals surface area contributed by atoms with E-state index in [-0.39, 0.29) is 5.54 Å². The largest absolute Gasteiger partial charge is 0.308 e. The molecule has 0 fully saturated rings. The first-order chi connectivity index (χ1) is 5.56. The smallest absolute Gasteiger partial charge is 0.147 e. The molecule has 1 rings (SSSR count). The van der Waals surface area contributed by atoms with Gasteiger partial charge in [0.15, 0.2) is 0 Å². The first kappa shape index (κ1) is 9.61. The highest BCUT2D eigenvalue weighted by atomic mass is 79.9. The monoisotopic (exact) mass is 229 g/mol. The number of halogens is 1. The zero-order valence-electron chi connectivity index (χ0n) is 7.43. The van der Waals surface area contributed by atoms with Crippen LogP contribution in [-0.2, 0) is 5.54 Å². The number of nitrogens with one attached hydrogen (secondary N) is 1. The molecular weight excluding hydrogens is 218 g/mol. The van der Waals surface area contributed by atoms with Gasteiger partial charge in [-0.3, -0.25) is 0 Å². The first-order valence-electron chi connectivity index (χ1n) is 3.73. The van der Waals surface area contributed by atoms with Crippen molar-refractivity contribution < 1.29 is 0 Å². The van der Waals surface area contributed by atoms with Crippen molar-refractivity contribution in [2.75, 3.05) is 7.05 Å². The van der Waals surface area contributed by atoms with Gasteiger partial charge in [-0.2, -0.15) is 0 Å². The lowest BCUT2D eigenvalue weighted by Gasteiger charge is -2.21. The fraction of sp³-hybridized carbons (Fsp3) is 0.500. The standard InChI is InChI=1S/C8H12BrN3/c1-8(2,10-3)7-11-4-6(9)5-12-7/h4-5,10H,1-3H3. The van der Waals surface area contributed by atoms with Gasteiger partial charge in [0, 0.05) is 12.4 Å². The van der Waals surface area contributed by atoms with Crippen LogP contribution in [0.5, 0.6) is 0 Å².